The molecule has 1 aromatic carbocycles. The number of phenols is 1. The fourth-order valence-electron chi connectivity index (χ4n) is 2.09. The average Bonchev–Trinajstić information content (AvgIpc) is 2.79. The van der Waals surface area contributed by atoms with Crippen LogP contribution in [-0.4, -0.2) is 16.8 Å². The molecule has 2 aromatic rings. The van der Waals surface area contributed by atoms with E-state index in [0.717, 1.165) is 9.75 Å². The van der Waals surface area contributed by atoms with Gasteiger partial charge in [0.1, 0.15) is 5.75 Å². The number of aryl methyl sites for hydroxylation is 2. The number of nitrogens with one attached hydrogen (secondary N) is 1. The number of benzene rings is 1. The molecule has 1 heterocycles. The molecule has 1 amide bonds. The molecule has 2 rings (SSSR count). The van der Waals surface area contributed by atoms with Crippen molar-refractivity contribution in [3.8, 4) is 5.75 Å². The number of phenolic OH excluding ortho intramolecular Hbond substituents is 1. The van der Waals surface area contributed by atoms with Gasteiger partial charge >= 0.3 is 0 Å². The van der Waals surface area contributed by atoms with Gasteiger partial charge in [-0.1, -0.05) is 11.6 Å². The van der Waals surface area contributed by atoms with Crippen LogP contribution in [0.25, 0.3) is 0 Å². The van der Waals surface area contributed by atoms with Crippen LogP contribution in [0.15, 0.2) is 24.3 Å². The Balaban J connectivity index is 1.94. The molecule has 0 atom stereocenters. The number of aromatic hydroxyl groups is 1. The van der Waals surface area contributed by atoms with Gasteiger partial charge in [0, 0.05) is 33.2 Å². The maximum absolute atomic E-state index is 12.1. The number of hydrogen-bond donors (Lipinski definition) is 2. The van der Waals surface area contributed by atoms with E-state index in [9.17, 15) is 14.7 Å². The molecular weight excluding hydrogens is 322 g/mol. The maximum atomic E-state index is 12.1. The summed E-state index contributed by atoms with van der Waals surface area (Å²) in [6.07, 6.45) is 0.184. The van der Waals surface area contributed by atoms with E-state index >= 15 is 0 Å². The Hall–Kier alpha value is -1.85. The number of anilines is 1. The van der Waals surface area contributed by atoms with Crippen molar-refractivity contribution in [2.45, 2.75) is 26.7 Å². The number of rotatable bonds is 5. The summed E-state index contributed by atoms with van der Waals surface area (Å²) in [4.78, 5) is 26.0. The summed E-state index contributed by atoms with van der Waals surface area (Å²) < 4.78 is 0. The van der Waals surface area contributed by atoms with Gasteiger partial charge < -0.3 is 10.4 Å². The third kappa shape index (κ3) is 4.08. The number of ketones is 1. The van der Waals surface area contributed by atoms with E-state index in [2.05, 4.69) is 5.32 Å². The lowest BCUT2D eigenvalue weighted by Gasteiger charge is -2.07. The molecular formula is C16H16ClNO3S. The molecule has 6 heteroatoms. The highest BCUT2D eigenvalue weighted by Crippen LogP contribution is 2.27. The number of hydrogen-bond acceptors (Lipinski definition) is 4. The Kier molecular flexibility index (Phi) is 5.21. The van der Waals surface area contributed by atoms with Gasteiger partial charge in [-0.2, -0.15) is 0 Å². The number of Topliss-reactive ketones (excluding diaryl/α,β-unsaturated/α-hetero) is 1. The third-order valence-electron chi connectivity index (χ3n) is 3.15. The van der Waals surface area contributed by atoms with Gasteiger partial charge in [-0.15, -0.1) is 11.3 Å². The maximum Gasteiger partial charge on any atom is 0.224 e. The second kappa shape index (κ2) is 6.94. The lowest BCUT2D eigenvalue weighted by atomic mass is 10.1. The molecule has 116 valence electrons. The molecule has 1 aromatic heterocycles. The molecule has 0 unspecified atom stereocenters. The van der Waals surface area contributed by atoms with Gasteiger partial charge in [-0.3, -0.25) is 9.59 Å². The summed E-state index contributed by atoms with van der Waals surface area (Å²) in [5.41, 5.74) is 0.924. The van der Waals surface area contributed by atoms with Crippen LogP contribution in [0.3, 0.4) is 0 Å². The van der Waals surface area contributed by atoms with Crippen LogP contribution >= 0.6 is 22.9 Å². The van der Waals surface area contributed by atoms with E-state index in [1.807, 2.05) is 19.9 Å². The van der Waals surface area contributed by atoms with E-state index in [1.165, 1.54) is 18.2 Å². The molecule has 2 N–H and O–H groups in total. The van der Waals surface area contributed by atoms with Crippen LogP contribution in [0.4, 0.5) is 5.69 Å². The number of thiophene rings is 1. The second-order valence-corrected chi connectivity index (χ2v) is 6.86. The molecule has 0 saturated carbocycles. The second-order valence-electron chi connectivity index (χ2n) is 4.96. The third-order valence-corrected chi connectivity index (χ3v) is 4.35. The van der Waals surface area contributed by atoms with Crippen LogP contribution in [0.1, 0.15) is 33.0 Å². The highest BCUT2D eigenvalue weighted by Gasteiger charge is 2.14. The van der Waals surface area contributed by atoms with E-state index in [4.69, 9.17) is 11.6 Å². The van der Waals surface area contributed by atoms with E-state index in [1.54, 1.807) is 11.3 Å². The Bertz CT molecular complexity index is 724. The fourth-order valence-corrected chi connectivity index (χ4v) is 3.21. The van der Waals surface area contributed by atoms with Crippen molar-refractivity contribution < 1.29 is 14.7 Å². The zero-order valence-electron chi connectivity index (χ0n) is 12.3. The van der Waals surface area contributed by atoms with E-state index in [0.29, 0.717) is 10.6 Å². The summed E-state index contributed by atoms with van der Waals surface area (Å²) in [5, 5.41) is 12.6. The highest BCUT2D eigenvalue weighted by molar-refractivity contribution is 7.12. The summed E-state index contributed by atoms with van der Waals surface area (Å²) in [6.45, 7) is 3.85. The zero-order chi connectivity index (χ0) is 16.3. The van der Waals surface area contributed by atoms with Crippen molar-refractivity contribution in [3.05, 3.63) is 44.6 Å². The predicted octanol–water partition coefficient (Wildman–Crippen LogP) is 4.33. The van der Waals surface area contributed by atoms with Crippen molar-refractivity contribution in [2.24, 2.45) is 0 Å². The van der Waals surface area contributed by atoms with Gasteiger partial charge in [0.05, 0.1) is 5.69 Å². The van der Waals surface area contributed by atoms with Crippen molar-refractivity contribution in [1.29, 1.82) is 0 Å². The first kappa shape index (κ1) is 16.5. The Morgan fingerprint density at radius 2 is 1.95 bits per heavy atom. The highest BCUT2D eigenvalue weighted by atomic mass is 35.5. The Morgan fingerprint density at radius 3 is 2.59 bits per heavy atom. The SMILES string of the molecule is Cc1cc(C(=O)CCC(=O)Nc2cc(Cl)ccc2O)c(C)s1. The Morgan fingerprint density at radius 1 is 1.23 bits per heavy atom. The minimum atomic E-state index is -0.337. The lowest BCUT2D eigenvalue weighted by Crippen LogP contribution is -2.13. The van der Waals surface area contributed by atoms with Crippen LogP contribution in [-0.2, 0) is 4.79 Å². The van der Waals surface area contributed by atoms with Crippen molar-refractivity contribution in [3.63, 3.8) is 0 Å². The van der Waals surface area contributed by atoms with Crippen LogP contribution in [0, 0.1) is 13.8 Å². The molecule has 0 spiro atoms. The topological polar surface area (TPSA) is 66.4 Å². The molecule has 0 aliphatic rings. The molecule has 0 saturated heterocycles. The van der Waals surface area contributed by atoms with Gasteiger partial charge in [0.25, 0.3) is 0 Å². The predicted molar refractivity (Wildman–Crippen MR) is 89.1 cm³/mol. The van der Waals surface area contributed by atoms with Crippen LogP contribution in [0.5, 0.6) is 5.75 Å². The van der Waals surface area contributed by atoms with Crippen molar-refractivity contribution in [1.82, 2.24) is 0 Å². The first-order valence-electron chi connectivity index (χ1n) is 6.75. The number of halogens is 1. The van der Waals surface area contributed by atoms with E-state index < -0.39 is 0 Å². The van der Waals surface area contributed by atoms with E-state index in [-0.39, 0.29) is 36.0 Å². The van der Waals surface area contributed by atoms with Crippen LogP contribution in [0.2, 0.25) is 5.02 Å². The van der Waals surface area contributed by atoms with Gasteiger partial charge in [-0.25, -0.2) is 0 Å². The quantitative estimate of drug-likeness (QED) is 0.630. The standard InChI is InChI=1S/C16H16ClNO3S/c1-9-7-12(10(2)22-9)14(19)5-6-16(21)18-13-8-11(17)3-4-15(13)20/h3-4,7-8,20H,5-6H2,1-2H3,(H,18,21). The molecule has 0 radical (unpaired) electrons. The average molecular weight is 338 g/mol. The molecule has 0 aliphatic carbocycles. The first-order chi connectivity index (χ1) is 10.4. The summed E-state index contributed by atoms with van der Waals surface area (Å²) in [6, 6.07) is 6.24. The normalized spacial score (nSPS) is 10.5. The van der Waals surface area contributed by atoms with Crippen molar-refractivity contribution >= 4 is 40.3 Å². The minimum absolute atomic E-state index is 0.0488. The van der Waals surface area contributed by atoms with Gasteiger partial charge in [-0.05, 0) is 38.1 Å². The summed E-state index contributed by atoms with van der Waals surface area (Å²) in [7, 11) is 0. The number of carbonyl (C=O) groups excluding carboxylic acids is 2. The largest absolute Gasteiger partial charge is 0.506 e. The monoisotopic (exact) mass is 337 g/mol. The fraction of sp³-hybridized carbons (Fsp3) is 0.250. The smallest absolute Gasteiger partial charge is 0.224 e. The first-order valence-corrected chi connectivity index (χ1v) is 7.95. The summed E-state index contributed by atoms with van der Waals surface area (Å²) >= 11 is 7.38. The summed E-state index contributed by atoms with van der Waals surface area (Å²) in [5.74, 6) is -0.448. The van der Waals surface area contributed by atoms with Crippen LogP contribution < -0.4 is 5.32 Å². The molecule has 4 nitrogen and oxygen atoms in total. The van der Waals surface area contributed by atoms with Crippen molar-refractivity contribution in [2.75, 3.05) is 5.32 Å². The minimum Gasteiger partial charge on any atom is -0.506 e. The Labute approximate surface area is 137 Å². The molecule has 0 fully saturated rings. The number of amides is 1. The van der Waals surface area contributed by atoms with Gasteiger partial charge in [0.15, 0.2) is 5.78 Å². The van der Waals surface area contributed by atoms with Gasteiger partial charge in [0.2, 0.25) is 5.91 Å². The lowest BCUT2D eigenvalue weighted by molar-refractivity contribution is -0.116. The number of carbonyl (C=O) groups is 2. The molecule has 0 bridgehead atoms. The zero-order valence-corrected chi connectivity index (χ0v) is 13.8. The molecule has 22 heavy (non-hydrogen) atoms. The molecule has 0 aliphatic heterocycles.